The van der Waals surface area contributed by atoms with Gasteiger partial charge in [0.15, 0.2) is 25.2 Å². The number of rotatable bonds is 30. The van der Waals surface area contributed by atoms with E-state index in [1.807, 2.05) is 156 Å². The van der Waals surface area contributed by atoms with Crippen LogP contribution in [0.15, 0.2) is 0 Å². The van der Waals surface area contributed by atoms with Gasteiger partial charge < -0.3 is 131 Å². The Morgan fingerprint density at radius 2 is 0.930 bits per heavy atom. The van der Waals surface area contributed by atoms with Gasteiger partial charge in [0.1, 0.15) is 60.0 Å². The molecular formula is C94H175N9O25. The minimum absolute atomic E-state index is 0. The predicted molar refractivity (Wildman–Crippen MR) is 483 cm³/mol. The van der Waals surface area contributed by atoms with Gasteiger partial charge in [-0.2, -0.15) is 10.5 Å². The molecule has 34 heteroatoms. The number of likely N-dealkylation sites (N-methyl/N-ethyl adjacent to an activating group) is 4. The summed E-state index contributed by atoms with van der Waals surface area (Å²) in [6.07, 6.45) is -9.84. The number of carbonyl (C=O) groups is 3. The summed E-state index contributed by atoms with van der Waals surface area (Å²) in [7, 11) is 18.9. The Labute approximate surface area is 768 Å². The van der Waals surface area contributed by atoms with Crippen LogP contribution in [0.1, 0.15) is 231 Å². The molecule has 7 saturated heterocycles. The summed E-state index contributed by atoms with van der Waals surface area (Å²) in [5, 5.41) is 56.9. The van der Waals surface area contributed by atoms with Crippen LogP contribution in [0.5, 0.6) is 0 Å². The first-order valence-electron chi connectivity index (χ1n) is 47.2. The first-order chi connectivity index (χ1) is 59.7. The van der Waals surface area contributed by atoms with Crippen molar-refractivity contribution in [1.82, 2.24) is 24.5 Å². The molecule has 0 radical (unpaired) electrons. The maximum Gasteiger partial charge on any atom is 0.311 e. The number of hydrogen-bond acceptors (Lipinski definition) is 34. The second-order valence-corrected chi connectivity index (χ2v) is 40.3. The second kappa shape index (κ2) is 49.4. The van der Waals surface area contributed by atoms with Crippen molar-refractivity contribution in [2.75, 3.05) is 123 Å². The summed E-state index contributed by atoms with van der Waals surface area (Å²) in [5.41, 5.74) is 3.98. The van der Waals surface area contributed by atoms with E-state index in [9.17, 15) is 40.2 Å². The highest BCUT2D eigenvalue weighted by molar-refractivity contribution is 5.74. The zero-order valence-corrected chi connectivity index (χ0v) is 84.1. The van der Waals surface area contributed by atoms with Crippen molar-refractivity contribution in [3.63, 3.8) is 0 Å². The van der Waals surface area contributed by atoms with E-state index in [2.05, 4.69) is 40.7 Å². The number of nitrogens with zero attached hydrogens (tertiary/aromatic N) is 7. The van der Waals surface area contributed by atoms with E-state index in [1.165, 1.54) is 13.8 Å². The van der Waals surface area contributed by atoms with Gasteiger partial charge in [-0.25, -0.2) is 0 Å². The van der Waals surface area contributed by atoms with Gasteiger partial charge in [-0.1, -0.05) is 41.5 Å². The van der Waals surface area contributed by atoms with E-state index < -0.39 is 198 Å². The molecule has 1 unspecified atom stereocenters. The van der Waals surface area contributed by atoms with Crippen LogP contribution in [0.2, 0.25) is 0 Å². The molecule has 0 aliphatic carbocycles. The highest BCUT2D eigenvalue weighted by Gasteiger charge is 2.63. The van der Waals surface area contributed by atoms with Crippen LogP contribution >= 0.6 is 0 Å². The summed E-state index contributed by atoms with van der Waals surface area (Å²) in [4.78, 5) is 52.5. The van der Waals surface area contributed by atoms with Gasteiger partial charge in [-0.15, -0.1) is 0 Å². The number of esters is 3. The molecule has 0 aromatic heterocycles. The molecular weight excluding hydrogens is 1660 g/mol. The lowest BCUT2D eigenvalue weighted by molar-refractivity contribution is -0.323. The minimum atomic E-state index is -1.80. The van der Waals surface area contributed by atoms with Crippen molar-refractivity contribution >= 4 is 17.9 Å². The second-order valence-electron chi connectivity index (χ2n) is 40.3. The predicted octanol–water partition coefficient (Wildman–Crippen LogP) is 8.54. The first-order valence-corrected chi connectivity index (χ1v) is 47.2. The molecule has 7 heterocycles. The van der Waals surface area contributed by atoms with Crippen molar-refractivity contribution in [2.24, 2.45) is 47.0 Å². The van der Waals surface area contributed by atoms with Crippen LogP contribution in [0.25, 0.3) is 0 Å². The van der Waals surface area contributed by atoms with Gasteiger partial charge in [0.05, 0.1) is 121 Å². The molecule has 0 saturated carbocycles. The molecule has 0 amide bonds. The summed E-state index contributed by atoms with van der Waals surface area (Å²) in [5.74, 6) is -6.48. The Morgan fingerprint density at radius 3 is 1.31 bits per heavy atom. The third-order valence-electron chi connectivity index (χ3n) is 28.4. The number of carbonyl (C=O) groups excluding carboxylic acids is 3. The fourth-order valence-electron chi connectivity index (χ4n) is 21.0. The SMILES string of the molecule is CC[C@H]1OC(=O)[C@H](C)[C@@H](O[C@H]2C[C@@](C)(OC)[C@@H](OCCC#N)[C@H](C)O2)[C@H](C)[C@@H](O[C@@H]2O[C@H](C)C[C@H](N(C)C)[C@H]2OCCC#N)[C@](C)(O)C[C@@H](C)CN(C)[C@H](C)[C@H]2OC(C)(N(C)C)O[C@@]21C.CC[C@H]1OC(=O)[C@H](C)[C@@H](O[C@H]2C[C@@](C)(OC)[C@@H](OCCCN)[C@H](C)O2)[C@H](C)[C@@H](O[C@@H]2O[C@H](C)C[C@H](N(C)C)[C@H]2OCCCN)[C@](C)(O)C[C@@H](C)CN(C)[C@H](C)[C@@H](OC(C)=O)[C@]1(C)O.[HH]. The molecule has 37 atom stereocenters. The van der Waals surface area contributed by atoms with Gasteiger partial charge in [-0.3, -0.25) is 24.2 Å². The Hall–Kier alpha value is -3.65. The summed E-state index contributed by atoms with van der Waals surface area (Å²) in [6, 6.07) is 3.36. The van der Waals surface area contributed by atoms with Crippen LogP contribution in [-0.4, -0.2) is 367 Å². The number of cyclic esters (lactones) is 2. The average molecular weight is 1830 g/mol. The quantitative estimate of drug-likeness (QED) is 0.0255. The zero-order chi connectivity index (χ0) is 96.4. The largest absolute Gasteiger partial charge is 0.459 e. The Kier molecular flexibility index (Phi) is 43.6. The molecule has 746 valence electrons. The van der Waals surface area contributed by atoms with Crippen LogP contribution in [0, 0.1) is 58.2 Å². The number of hydrogen-bond donors (Lipinski definition) is 5. The van der Waals surface area contributed by atoms with Gasteiger partial charge in [0.25, 0.3) is 0 Å². The van der Waals surface area contributed by atoms with E-state index in [4.69, 9.17) is 101 Å². The molecule has 7 aliphatic heterocycles. The molecule has 7 fully saturated rings. The minimum Gasteiger partial charge on any atom is -0.459 e. The lowest BCUT2D eigenvalue weighted by Gasteiger charge is -2.50. The number of methoxy groups -OCH3 is 2. The molecule has 0 bridgehead atoms. The van der Waals surface area contributed by atoms with E-state index in [0.29, 0.717) is 77.9 Å². The summed E-state index contributed by atoms with van der Waals surface area (Å²) in [6.45, 7) is 44.2. The lowest BCUT2D eigenvalue weighted by Crippen LogP contribution is -2.61. The highest BCUT2D eigenvalue weighted by atomic mass is 16.8. The topological polar surface area (TPSA) is 403 Å². The van der Waals surface area contributed by atoms with Gasteiger partial charge in [-0.05, 0) is 230 Å². The molecule has 7 aliphatic rings. The summed E-state index contributed by atoms with van der Waals surface area (Å²) >= 11 is 0. The van der Waals surface area contributed by atoms with Crippen molar-refractivity contribution in [1.29, 1.82) is 10.5 Å². The van der Waals surface area contributed by atoms with Crippen molar-refractivity contribution in [3.8, 4) is 12.1 Å². The number of fused-ring (bicyclic) bond motifs is 1. The molecule has 0 aromatic rings. The molecule has 7 N–H and O–H groups in total. The maximum absolute atomic E-state index is 15.0. The van der Waals surface area contributed by atoms with Gasteiger partial charge >= 0.3 is 17.9 Å². The van der Waals surface area contributed by atoms with Crippen LogP contribution < -0.4 is 11.5 Å². The molecule has 7 rings (SSSR count). The van der Waals surface area contributed by atoms with Crippen LogP contribution in [0.4, 0.5) is 0 Å². The number of ether oxygens (including phenoxy) is 19. The highest BCUT2D eigenvalue weighted by Crippen LogP contribution is 2.48. The van der Waals surface area contributed by atoms with Crippen molar-refractivity contribution in [2.45, 2.75) is 416 Å². The Morgan fingerprint density at radius 1 is 0.539 bits per heavy atom. The van der Waals surface area contributed by atoms with E-state index in [1.54, 1.807) is 48.8 Å². The number of aliphatic hydroxyl groups is 3. The standard InChI is InChI=1S/C48H85N5O12.C46H88N4O13.H2/c1-18-36-47(10)41(64-48(11,65-47)52(14)15)33(6)53(16)28-29(2)26-45(8,55)40(63-44-39(57-23-19-21-49)35(51(12)13)25-30(3)59-44)31(4)38(32(5)43(54)61-36)62-37-27-46(9,56-17)42(34(7)60-37)58-24-20-22-50;1-16-35-46(11,54)40(60-33(8)51)31(6)50(14)26-27(2)24-44(9,53)39(63-43-38(56-21-17-19-47)34(49(12)13)23-28(3)58-43)29(4)37(30(5)42(52)61-35)62-36-25-45(10,55-15)41(32(7)59-36)57-22-18-20-48;/h29-42,44,55H,18-20,23-28H2,1-17H3;27-32,34-41,43,53-54H,16-26,47-48H2,1-15H3;1H/t29-,30-,31+,32-,33-,34+,35+,36-,37+,38+,39-,40-,41-,42+,44+,45-,46-,47-,48?;27-,28-,29+,30-,31-,32+,34+,35-,36+,37+,38-,39-,40-,41+,43+,44-,45-,46-;/m11./s1. The zero-order valence-electron chi connectivity index (χ0n) is 84.1. The fraction of sp³-hybridized carbons (Fsp3) is 0.947. The third-order valence-corrected chi connectivity index (χ3v) is 28.4. The average Bonchev–Trinajstić information content (AvgIpc) is 1.58. The monoisotopic (exact) mass is 1830 g/mol. The number of nitriles is 2. The molecule has 34 nitrogen and oxygen atoms in total. The molecule has 0 spiro atoms. The molecule has 128 heavy (non-hydrogen) atoms. The smallest absolute Gasteiger partial charge is 0.311 e. The number of nitrogens with two attached hydrogens (primary N) is 2. The third kappa shape index (κ3) is 28.5. The van der Waals surface area contributed by atoms with E-state index in [-0.39, 0.29) is 95.3 Å². The first kappa shape index (κ1) is 113. The summed E-state index contributed by atoms with van der Waals surface area (Å²) < 4.78 is 125. The Bertz CT molecular complexity index is 3440. The van der Waals surface area contributed by atoms with Gasteiger partial charge in [0.2, 0.25) is 5.91 Å². The fourth-order valence-corrected chi connectivity index (χ4v) is 21.0. The van der Waals surface area contributed by atoms with E-state index >= 15 is 0 Å². The van der Waals surface area contributed by atoms with Crippen molar-refractivity contribution < 1.29 is 121 Å². The normalized spacial score (nSPS) is 44.0. The van der Waals surface area contributed by atoms with E-state index in [0.717, 1.165) is 0 Å². The Balaban J connectivity index is 0.000000454. The van der Waals surface area contributed by atoms with Crippen molar-refractivity contribution in [3.05, 3.63) is 0 Å². The van der Waals surface area contributed by atoms with Gasteiger partial charge in [0, 0.05) is 105 Å². The lowest BCUT2D eigenvalue weighted by atomic mass is 9.77. The van der Waals surface area contributed by atoms with Crippen LogP contribution in [-0.2, 0) is 104 Å². The maximum atomic E-state index is 15.0. The molecule has 0 aromatic carbocycles. The van der Waals surface area contributed by atoms with Crippen LogP contribution in [0.3, 0.4) is 0 Å².